The summed E-state index contributed by atoms with van der Waals surface area (Å²) >= 11 is 0. The van der Waals surface area contributed by atoms with Gasteiger partial charge in [0, 0.05) is 24.8 Å². The number of aryl methyl sites for hydroxylation is 1. The van der Waals surface area contributed by atoms with E-state index in [-0.39, 0.29) is 5.91 Å². The number of carbonyl (C=O) groups excluding carboxylic acids is 1. The van der Waals surface area contributed by atoms with Gasteiger partial charge < -0.3 is 10.2 Å². The summed E-state index contributed by atoms with van der Waals surface area (Å²) in [5.41, 5.74) is 1.46. The van der Waals surface area contributed by atoms with Crippen LogP contribution in [-0.4, -0.2) is 41.5 Å². The highest BCUT2D eigenvalue weighted by atomic mass is 16.2. The lowest BCUT2D eigenvalue weighted by Gasteiger charge is -2.32. The number of piperidine rings is 1. The van der Waals surface area contributed by atoms with Crippen LogP contribution in [0.15, 0.2) is 18.2 Å². The van der Waals surface area contributed by atoms with Gasteiger partial charge in [-0.3, -0.25) is 4.79 Å². The molecule has 0 aromatic carbocycles. The Labute approximate surface area is 108 Å². The quantitative estimate of drug-likeness (QED) is 0.882. The Morgan fingerprint density at radius 1 is 1.44 bits per heavy atom. The molecular weight excluding hydrogens is 226 g/mol. The van der Waals surface area contributed by atoms with Crippen LogP contribution in [0.4, 0.5) is 0 Å². The van der Waals surface area contributed by atoms with Crippen molar-refractivity contribution in [2.45, 2.75) is 32.7 Å². The molecule has 98 valence electrons. The summed E-state index contributed by atoms with van der Waals surface area (Å²) in [4.78, 5) is 18.5. The molecule has 2 rings (SSSR count). The molecule has 1 amide bonds. The van der Waals surface area contributed by atoms with Crippen LogP contribution < -0.4 is 5.32 Å². The Morgan fingerprint density at radius 3 is 2.78 bits per heavy atom. The van der Waals surface area contributed by atoms with Crippen molar-refractivity contribution in [3.8, 4) is 0 Å². The van der Waals surface area contributed by atoms with Crippen LogP contribution in [0.3, 0.4) is 0 Å². The van der Waals surface area contributed by atoms with E-state index in [1.807, 2.05) is 24.0 Å². The zero-order chi connectivity index (χ0) is 13.0. The monoisotopic (exact) mass is 247 g/mol. The van der Waals surface area contributed by atoms with Crippen molar-refractivity contribution in [1.29, 1.82) is 0 Å². The lowest BCUT2D eigenvalue weighted by molar-refractivity contribution is 0.0699. The van der Waals surface area contributed by atoms with Gasteiger partial charge in [-0.25, -0.2) is 4.98 Å². The number of amides is 1. The van der Waals surface area contributed by atoms with E-state index in [0.29, 0.717) is 11.7 Å². The van der Waals surface area contributed by atoms with Gasteiger partial charge in [0.2, 0.25) is 0 Å². The Balaban J connectivity index is 1.95. The van der Waals surface area contributed by atoms with E-state index in [4.69, 9.17) is 0 Å². The molecule has 0 saturated carbocycles. The number of pyridine rings is 1. The van der Waals surface area contributed by atoms with E-state index >= 15 is 0 Å². The van der Waals surface area contributed by atoms with Crippen molar-refractivity contribution in [3.63, 3.8) is 0 Å². The molecule has 1 saturated heterocycles. The molecule has 4 heteroatoms. The molecule has 4 nitrogen and oxygen atoms in total. The van der Waals surface area contributed by atoms with Crippen LogP contribution >= 0.6 is 0 Å². The van der Waals surface area contributed by atoms with Crippen LogP contribution in [0.1, 0.15) is 35.9 Å². The first-order valence-corrected chi connectivity index (χ1v) is 6.67. The molecule has 1 fully saturated rings. The second kappa shape index (κ2) is 5.96. The third-order valence-electron chi connectivity index (χ3n) is 3.38. The molecule has 1 N–H and O–H groups in total. The molecule has 0 bridgehead atoms. The van der Waals surface area contributed by atoms with Crippen molar-refractivity contribution in [2.75, 3.05) is 19.6 Å². The summed E-state index contributed by atoms with van der Waals surface area (Å²) in [7, 11) is 0. The van der Waals surface area contributed by atoms with Crippen molar-refractivity contribution < 1.29 is 4.79 Å². The Bertz CT molecular complexity index is 411. The van der Waals surface area contributed by atoms with Gasteiger partial charge in [-0.1, -0.05) is 13.0 Å². The maximum Gasteiger partial charge on any atom is 0.272 e. The van der Waals surface area contributed by atoms with Crippen LogP contribution in [0.2, 0.25) is 0 Å². The van der Waals surface area contributed by atoms with E-state index in [2.05, 4.69) is 17.2 Å². The van der Waals surface area contributed by atoms with Crippen LogP contribution in [0.25, 0.3) is 0 Å². The normalized spacial score (nSPS) is 16.9. The third kappa shape index (κ3) is 3.07. The first-order valence-electron chi connectivity index (χ1n) is 6.67. The standard InChI is InChI=1S/C14H21N3O/c1-3-15-12-7-9-17(10-8-12)14(18)13-6-4-5-11(2)16-13/h4-6,12,15H,3,7-10H2,1-2H3. The molecular formula is C14H21N3O. The molecule has 0 aliphatic carbocycles. The lowest BCUT2D eigenvalue weighted by Crippen LogP contribution is -2.45. The lowest BCUT2D eigenvalue weighted by atomic mass is 10.0. The number of rotatable bonds is 3. The highest BCUT2D eigenvalue weighted by Crippen LogP contribution is 2.13. The molecule has 1 aromatic heterocycles. The Kier molecular flexibility index (Phi) is 4.31. The summed E-state index contributed by atoms with van der Waals surface area (Å²) in [6, 6.07) is 6.16. The molecule has 0 unspecified atom stereocenters. The van der Waals surface area contributed by atoms with E-state index in [1.54, 1.807) is 6.07 Å². The molecule has 0 spiro atoms. The highest BCUT2D eigenvalue weighted by Gasteiger charge is 2.23. The zero-order valence-electron chi connectivity index (χ0n) is 11.1. The molecule has 2 heterocycles. The number of aromatic nitrogens is 1. The minimum atomic E-state index is 0.0636. The average molecular weight is 247 g/mol. The molecule has 1 aliphatic rings. The fraction of sp³-hybridized carbons (Fsp3) is 0.571. The summed E-state index contributed by atoms with van der Waals surface area (Å²) in [6.45, 7) is 6.68. The molecule has 0 radical (unpaired) electrons. The van der Waals surface area contributed by atoms with E-state index in [1.165, 1.54) is 0 Å². The minimum absolute atomic E-state index is 0.0636. The van der Waals surface area contributed by atoms with E-state index in [9.17, 15) is 4.79 Å². The van der Waals surface area contributed by atoms with Crippen molar-refractivity contribution in [1.82, 2.24) is 15.2 Å². The van der Waals surface area contributed by atoms with Gasteiger partial charge in [0.1, 0.15) is 5.69 Å². The Morgan fingerprint density at radius 2 is 2.17 bits per heavy atom. The number of hydrogen-bond acceptors (Lipinski definition) is 3. The third-order valence-corrected chi connectivity index (χ3v) is 3.38. The number of likely N-dealkylation sites (tertiary alicyclic amines) is 1. The fourth-order valence-electron chi connectivity index (χ4n) is 2.40. The van der Waals surface area contributed by atoms with Gasteiger partial charge in [-0.2, -0.15) is 0 Å². The number of nitrogens with zero attached hydrogens (tertiary/aromatic N) is 2. The fourth-order valence-corrected chi connectivity index (χ4v) is 2.40. The minimum Gasteiger partial charge on any atom is -0.337 e. The smallest absolute Gasteiger partial charge is 0.272 e. The Hall–Kier alpha value is -1.42. The van der Waals surface area contributed by atoms with Crippen LogP contribution in [0, 0.1) is 6.92 Å². The molecule has 1 aliphatic heterocycles. The first kappa shape index (κ1) is 13.0. The second-order valence-corrected chi connectivity index (χ2v) is 4.79. The van der Waals surface area contributed by atoms with E-state index in [0.717, 1.165) is 38.2 Å². The maximum atomic E-state index is 12.3. The van der Waals surface area contributed by atoms with Gasteiger partial charge in [-0.15, -0.1) is 0 Å². The predicted molar refractivity (Wildman–Crippen MR) is 71.6 cm³/mol. The summed E-state index contributed by atoms with van der Waals surface area (Å²) in [5.74, 6) is 0.0636. The van der Waals surface area contributed by atoms with Gasteiger partial charge in [0.15, 0.2) is 0 Å². The topological polar surface area (TPSA) is 45.2 Å². The molecule has 0 atom stereocenters. The van der Waals surface area contributed by atoms with E-state index < -0.39 is 0 Å². The second-order valence-electron chi connectivity index (χ2n) is 4.79. The van der Waals surface area contributed by atoms with Crippen molar-refractivity contribution in [3.05, 3.63) is 29.6 Å². The predicted octanol–water partition coefficient (Wildman–Crippen LogP) is 1.60. The summed E-state index contributed by atoms with van der Waals surface area (Å²) < 4.78 is 0. The number of carbonyl (C=O) groups is 1. The SMILES string of the molecule is CCNC1CCN(C(=O)c2cccc(C)n2)CC1. The summed E-state index contributed by atoms with van der Waals surface area (Å²) in [6.07, 6.45) is 2.07. The number of nitrogens with one attached hydrogen (secondary N) is 1. The van der Waals surface area contributed by atoms with Crippen LogP contribution in [0.5, 0.6) is 0 Å². The van der Waals surface area contributed by atoms with Gasteiger partial charge in [-0.05, 0) is 38.4 Å². The van der Waals surface area contributed by atoms with Crippen LogP contribution in [-0.2, 0) is 0 Å². The largest absolute Gasteiger partial charge is 0.337 e. The average Bonchev–Trinajstić information content (AvgIpc) is 2.39. The number of hydrogen-bond donors (Lipinski definition) is 1. The van der Waals surface area contributed by atoms with Gasteiger partial charge >= 0.3 is 0 Å². The summed E-state index contributed by atoms with van der Waals surface area (Å²) in [5, 5.41) is 3.44. The zero-order valence-corrected chi connectivity index (χ0v) is 11.1. The highest BCUT2D eigenvalue weighted by molar-refractivity contribution is 5.92. The van der Waals surface area contributed by atoms with Gasteiger partial charge in [0.25, 0.3) is 5.91 Å². The van der Waals surface area contributed by atoms with Crippen molar-refractivity contribution >= 4 is 5.91 Å². The first-order chi connectivity index (χ1) is 8.70. The molecule has 18 heavy (non-hydrogen) atoms. The van der Waals surface area contributed by atoms with Gasteiger partial charge in [0.05, 0.1) is 0 Å². The maximum absolute atomic E-state index is 12.3. The molecule has 1 aromatic rings. The van der Waals surface area contributed by atoms with Crippen molar-refractivity contribution in [2.24, 2.45) is 0 Å².